The number of aryl methyl sites for hydroxylation is 1. The third-order valence-corrected chi connectivity index (χ3v) is 2.95. The van der Waals surface area contributed by atoms with Crippen LogP contribution in [0.3, 0.4) is 0 Å². The van der Waals surface area contributed by atoms with Crippen LogP contribution in [0.5, 0.6) is 0 Å². The molecule has 4 nitrogen and oxygen atoms in total. The number of unbranched alkanes of at least 4 members (excludes halogenated alkanes) is 1. The van der Waals surface area contributed by atoms with E-state index in [-0.39, 0.29) is 24.0 Å². The minimum Gasteiger partial charge on any atom is -0.380 e. The minimum atomic E-state index is 0. The van der Waals surface area contributed by atoms with Gasteiger partial charge in [-0.3, -0.25) is 4.99 Å². The predicted octanol–water partition coefficient (Wildman–Crippen LogP) is 3.09. The van der Waals surface area contributed by atoms with Gasteiger partial charge in [-0.2, -0.15) is 0 Å². The van der Waals surface area contributed by atoms with Crippen LogP contribution in [0.1, 0.15) is 30.9 Å². The molecule has 1 aromatic rings. The van der Waals surface area contributed by atoms with Crippen LogP contribution in [0.25, 0.3) is 0 Å². The van der Waals surface area contributed by atoms with Crippen LogP contribution in [0.15, 0.2) is 29.3 Å². The Labute approximate surface area is 145 Å². The molecule has 0 fully saturated rings. The molecule has 2 N–H and O–H groups in total. The summed E-state index contributed by atoms with van der Waals surface area (Å²) in [6.07, 6.45) is 2.30. The van der Waals surface area contributed by atoms with Gasteiger partial charge < -0.3 is 15.4 Å². The van der Waals surface area contributed by atoms with Crippen molar-refractivity contribution in [2.24, 2.45) is 4.99 Å². The van der Waals surface area contributed by atoms with E-state index in [1.54, 1.807) is 7.05 Å². The highest BCUT2D eigenvalue weighted by Crippen LogP contribution is 2.02. The molecule has 0 radical (unpaired) electrons. The molecule has 0 atom stereocenters. The molecule has 0 aliphatic carbocycles. The van der Waals surface area contributed by atoms with Gasteiger partial charge in [0.05, 0.1) is 6.61 Å². The Morgan fingerprint density at radius 1 is 1.24 bits per heavy atom. The van der Waals surface area contributed by atoms with Crippen molar-refractivity contribution in [1.29, 1.82) is 0 Å². The predicted molar refractivity (Wildman–Crippen MR) is 101 cm³/mol. The number of rotatable bonds is 8. The third-order valence-electron chi connectivity index (χ3n) is 2.95. The Morgan fingerprint density at radius 2 is 2.05 bits per heavy atom. The molecule has 0 bridgehead atoms. The van der Waals surface area contributed by atoms with E-state index in [1.165, 1.54) is 17.5 Å². The first-order valence-electron chi connectivity index (χ1n) is 7.34. The second-order valence-corrected chi connectivity index (χ2v) is 4.81. The van der Waals surface area contributed by atoms with E-state index in [0.29, 0.717) is 6.61 Å². The van der Waals surface area contributed by atoms with Crippen LogP contribution in [0.2, 0.25) is 0 Å². The molecule has 0 spiro atoms. The molecule has 1 aromatic carbocycles. The summed E-state index contributed by atoms with van der Waals surface area (Å²) in [7, 11) is 1.78. The van der Waals surface area contributed by atoms with Gasteiger partial charge in [0.15, 0.2) is 5.96 Å². The zero-order valence-electron chi connectivity index (χ0n) is 13.3. The molecule has 0 saturated heterocycles. The van der Waals surface area contributed by atoms with E-state index in [0.717, 1.165) is 32.1 Å². The maximum Gasteiger partial charge on any atom is 0.191 e. The highest BCUT2D eigenvalue weighted by molar-refractivity contribution is 14.0. The molecule has 0 saturated carbocycles. The zero-order valence-corrected chi connectivity index (χ0v) is 15.6. The van der Waals surface area contributed by atoms with E-state index in [9.17, 15) is 0 Å². The Bertz CT molecular complexity index is 410. The first-order chi connectivity index (χ1) is 9.76. The number of ether oxygens (including phenoxy) is 1. The highest BCUT2D eigenvalue weighted by atomic mass is 127. The van der Waals surface area contributed by atoms with Crippen LogP contribution in [0, 0.1) is 6.92 Å². The monoisotopic (exact) mass is 405 g/mol. The van der Waals surface area contributed by atoms with Crippen molar-refractivity contribution < 1.29 is 4.74 Å². The van der Waals surface area contributed by atoms with Crippen molar-refractivity contribution in [1.82, 2.24) is 10.6 Å². The summed E-state index contributed by atoms with van der Waals surface area (Å²) in [5.74, 6) is 0.811. The van der Waals surface area contributed by atoms with Crippen molar-refractivity contribution in [2.75, 3.05) is 26.8 Å². The fourth-order valence-corrected chi connectivity index (χ4v) is 1.82. The van der Waals surface area contributed by atoms with E-state index in [1.807, 2.05) is 0 Å². The van der Waals surface area contributed by atoms with Gasteiger partial charge in [0.1, 0.15) is 0 Å². The van der Waals surface area contributed by atoms with Crippen molar-refractivity contribution in [3.8, 4) is 0 Å². The van der Waals surface area contributed by atoms with Crippen LogP contribution in [-0.4, -0.2) is 32.8 Å². The lowest BCUT2D eigenvalue weighted by molar-refractivity contribution is 0.136. The van der Waals surface area contributed by atoms with Gasteiger partial charge >= 0.3 is 0 Å². The lowest BCUT2D eigenvalue weighted by Gasteiger charge is -2.12. The van der Waals surface area contributed by atoms with Crippen molar-refractivity contribution >= 4 is 29.9 Å². The van der Waals surface area contributed by atoms with Gasteiger partial charge in [0, 0.05) is 26.7 Å². The largest absolute Gasteiger partial charge is 0.380 e. The van der Waals surface area contributed by atoms with Crippen molar-refractivity contribution in [2.45, 2.75) is 33.2 Å². The topological polar surface area (TPSA) is 45.6 Å². The molecule has 0 heterocycles. The van der Waals surface area contributed by atoms with E-state index < -0.39 is 0 Å². The van der Waals surface area contributed by atoms with Crippen LogP contribution < -0.4 is 10.6 Å². The van der Waals surface area contributed by atoms with Gasteiger partial charge in [-0.15, -0.1) is 24.0 Å². The Hall–Kier alpha value is -0.820. The maximum atomic E-state index is 5.50. The summed E-state index contributed by atoms with van der Waals surface area (Å²) >= 11 is 0. The van der Waals surface area contributed by atoms with Crippen molar-refractivity contribution in [3.63, 3.8) is 0 Å². The molecule has 1 rings (SSSR count). The highest BCUT2D eigenvalue weighted by Gasteiger charge is 1.98. The standard InChI is InChI=1S/C16H27N3O.HI/c1-4-5-10-20-11-9-18-16(17-3)19-13-15-8-6-7-14(2)12-15;/h6-8,12H,4-5,9-11,13H2,1-3H3,(H2,17,18,19);1H. The molecule has 120 valence electrons. The Kier molecular flexibility index (Phi) is 12.4. The lowest BCUT2D eigenvalue weighted by atomic mass is 10.1. The fourth-order valence-electron chi connectivity index (χ4n) is 1.82. The molecule has 0 aliphatic rings. The number of halogens is 1. The van der Waals surface area contributed by atoms with Gasteiger partial charge in [-0.05, 0) is 18.9 Å². The Balaban J connectivity index is 0.00000400. The summed E-state index contributed by atoms with van der Waals surface area (Å²) in [4.78, 5) is 4.20. The number of aliphatic imine (C=N–C) groups is 1. The van der Waals surface area contributed by atoms with Crippen LogP contribution in [0.4, 0.5) is 0 Å². The third kappa shape index (κ3) is 9.68. The summed E-state index contributed by atoms with van der Waals surface area (Å²) in [5.41, 5.74) is 2.53. The summed E-state index contributed by atoms with van der Waals surface area (Å²) in [5, 5.41) is 6.54. The number of hydrogen-bond acceptors (Lipinski definition) is 2. The number of benzene rings is 1. The number of nitrogens with zero attached hydrogens (tertiary/aromatic N) is 1. The molecule has 5 heteroatoms. The van der Waals surface area contributed by atoms with Gasteiger partial charge in [0.25, 0.3) is 0 Å². The molecule has 0 aliphatic heterocycles. The number of guanidine groups is 1. The smallest absolute Gasteiger partial charge is 0.191 e. The van der Waals surface area contributed by atoms with E-state index >= 15 is 0 Å². The second-order valence-electron chi connectivity index (χ2n) is 4.81. The minimum absolute atomic E-state index is 0. The van der Waals surface area contributed by atoms with E-state index in [4.69, 9.17) is 4.74 Å². The number of hydrogen-bond donors (Lipinski definition) is 2. The SMILES string of the molecule is CCCCOCCNC(=NC)NCc1cccc(C)c1.I. The summed E-state index contributed by atoms with van der Waals surface area (Å²) < 4.78 is 5.50. The van der Waals surface area contributed by atoms with Crippen molar-refractivity contribution in [3.05, 3.63) is 35.4 Å². The van der Waals surface area contributed by atoms with Crippen LogP contribution >= 0.6 is 24.0 Å². The van der Waals surface area contributed by atoms with E-state index in [2.05, 4.69) is 53.7 Å². The second kappa shape index (κ2) is 12.9. The lowest BCUT2D eigenvalue weighted by Crippen LogP contribution is -2.38. The maximum absolute atomic E-state index is 5.50. The molecule has 0 unspecified atom stereocenters. The zero-order chi connectivity index (χ0) is 14.6. The first-order valence-corrected chi connectivity index (χ1v) is 7.34. The molecule has 0 aromatic heterocycles. The molecular weight excluding hydrogens is 377 g/mol. The van der Waals surface area contributed by atoms with Gasteiger partial charge in [0.2, 0.25) is 0 Å². The normalized spacial score (nSPS) is 10.9. The van der Waals surface area contributed by atoms with Gasteiger partial charge in [-0.25, -0.2) is 0 Å². The molecule has 0 amide bonds. The first kappa shape index (κ1) is 20.2. The Morgan fingerprint density at radius 3 is 2.71 bits per heavy atom. The number of nitrogens with one attached hydrogen (secondary N) is 2. The van der Waals surface area contributed by atoms with Gasteiger partial charge in [-0.1, -0.05) is 43.2 Å². The average molecular weight is 405 g/mol. The summed E-state index contributed by atoms with van der Waals surface area (Å²) in [6, 6.07) is 8.46. The quantitative estimate of drug-likeness (QED) is 0.303. The average Bonchev–Trinajstić information content (AvgIpc) is 2.46. The molecule has 21 heavy (non-hydrogen) atoms. The molecular formula is C16H28IN3O. The summed E-state index contributed by atoms with van der Waals surface area (Å²) in [6.45, 7) is 7.37. The van der Waals surface area contributed by atoms with Crippen LogP contribution in [-0.2, 0) is 11.3 Å². The fraction of sp³-hybridized carbons (Fsp3) is 0.562.